The Labute approximate surface area is 148 Å². The van der Waals surface area contributed by atoms with Crippen LogP contribution in [-0.4, -0.2) is 25.3 Å². The van der Waals surface area contributed by atoms with Crippen LogP contribution >= 0.6 is 0 Å². The summed E-state index contributed by atoms with van der Waals surface area (Å²) in [7, 11) is 1.64. The molecule has 1 aliphatic rings. The highest BCUT2D eigenvalue weighted by atomic mass is 16.6. The average Bonchev–Trinajstić information content (AvgIpc) is 2.83. The van der Waals surface area contributed by atoms with E-state index in [-0.39, 0.29) is 18.2 Å². The number of hydrogen-bond acceptors (Lipinski definition) is 4. The zero-order valence-electron chi connectivity index (χ0n) is 14.9. The van der Waals surface area contributed by atoms with Crippen molar-refractivity contribution in [1.29, 1.82) is 0 Å². The molecule has 1 saturated heterocycles. The molecule has 0 unspecified atom stereocenters. The zero-order chi connectivity index (χ0) is 17.9. The van der Waals surface area contributed by atoms with Crippen molar-refractivity contribution in [3.05, 3.63) is 65.7 Å². The zero-order valence-corrected chi connectivity index (χ0v) is 14.9. The van der Waals surface area contributed by atoms with E-state index in [1.807, 2.05) is 68.4 Å². The van der Waals surface area contributed by atoms with Crippen molar-refractivity contribution in [3.8, 4) is 5.75 Å². The predicted molar refractivity (Wildman–Crippen MR) is 95.4 cm³/mol. The lowest BCUT2D eigenvalue weighted by Crippen LogP contribution is -2.37. The number of hydrogen-bond donors (Lipinski definition) is 0. The second-order valence-corrected chi connectivity index (χ2v) is 6.93. The molecule has 132 valence electrons. The first-order chi connectivity index (χ1) is 12.0. The lowest BCUT2D eigenvalue weighted by atomic mass is 9.85. The summed E-state index contributed by atoms with van der Waals surface area (Å²) in [5.74, 6) is 0.610. The van der Waals surface area contributed by atoms with Crippen LogP contribution in [0.5, 0.6) is 5.75 Å². The smallest absolute Gasteiger partial charge is 0.314 e. The molecule has 0 radical (unpaired) electrons. The molecule has 2 aromatic rings. The van der Waals surface area contributed by atoms with Crippen LogP contribution in [0.15, 0.2) is 54.6 Å². The molecule has 0 N–H and O–H groups in total. The van der Waals surface area contributed by atoms with Crippen molar-refractivity contribution in [2.75, 3.05) is 7.11 Å². The Morgan fingerprint density at radius 3 is 2.32 bits per heavy atom. The van der Waals surface area contributed by atoms with Crippen molar-refractivity contribution in [1.82, 2.24) is 0 Å². The van der Waals surface area contributed by atoms with Gasteiger partial charge in [-0.15, -0.1) is 0 Å². The third-order valence-electron chi connectivity index (χ3n) is 4.70. The molecule has 4 nitrogen and oxygen atoms in total. The van der Waals surface area contributed by atoms with Gasteiger partial charge in [0.05, 0.1) is 19.1 Å². The number of carbonyl (C=O) groups excluding carboxylic acids is 1. The molecule has 0 saturated carbocycles. The van der Waals surface area contributed by atoms with E-state index in [4.69, 9.17) is 14.2 Å². The van der Waals surface area contributed by atoms with E-state index in [0.29, 0.717) is 13.0 Å². The van der Waals surface area contributed by atoms with Crippen molar-refractivity contribution < 1.29 is 19.0 Å². The van der Waals surface area contributed by atoms with E-state index in [9.17, 15) is 4.79 Å². The van der Waals surface area contributed by atoms with E-state index in [2.05, 4.69) is 0 Å². The van der Waals surface area contributed by atoms with E-state index in [0.717, 1.165) is 16.9 Å². The number of carbonyl (C=O) groups is 1. The minimum Gasteiger partial charge on any atom is -0.497 e. The maximum absolute atomic E-state index is 12.3. The maximum Gasteiger partial charge on any atom is 0.314 e. The molecule has 0 bridgehead atoms. The van der Waals surface area contributed by atoms with E-state index < -0.39 is 5.41 Å². The lowest BCUT2D eigenvalue weighted by molar-refractivity contribution is -0.147. The topological polar surface area (TPSA) is 44.8 Å². The van der Waals surface area contributed by atoms with Crippen LogP contribution in [0.4, 0.5) is 0 Å². The highest BCUT2D eigenvalue weighted by Gasteiger charge is 2.51. The fourth-order valence-corrected chi connectivity index (χ4v) is 3.15. The lowest BCUT2D eigenvalue weighted by Gasteiger charge is -2.26. The van der Waals surface area contributed by atoms with E-state index >= 15 is 0 Å². The van der Waals surface area contributed by atoms with Crippen LogP contribution in [0.2, 0.25) is 0 Å². The molecule has 1 fully saturated rings. The van der Waals surface area contributed by atoms with Crippen LogP contribution < -0.4 is 4.74 Å². The third kappa shape index (κ3) is 3.85. The summed E-state index contributed by atoms with van der Waals surface area (Å²) in [5.41, 5.74) is 1.51. The highest BCUT2D eigenvalue weighted by molar-refractivity contribution is 5.79. The minimum atomic E-state index is -0.661. The first-order valence-electron chi connectivity index (χ1n) is 8.50. The average molecular weight is 340 g/mol. The van der Waals surface area contributed by atoms with Gasteiger partial charge in [-0.05, 0) is 37.1 Å². The van der Waals surface area contributed by atoms with E-state index in [1.165, 1.54) is 0 Å². The summed E-state index contributed by atoms with van der Waals surface area (Å²) in [5, 5.41) is 0. The standard InChI is InChI=1S/C21H24O4/c1-21(2)19(24-14-16-9-11-17(23-3)12-10-16)18(25-20(21)22)13-15-7-5-4-6-8-15/h4-12,18-19H,13-14H2,1-3H3/t18-,19+/m1/s1. The summed E-state index contributed by atoms with van der Waals surface area (Å²) in [6.45, 7) is 4.21. The van der Waals surface area contributed by atoms with Crippen LogP contribution in [0.1, 0.15) is 25.0 Å². The number of benzene rings is 2. The monoisotopic (exact) mass is 340 g/mol. The van der Waals surface area contributed by atoms with Crippen LogP contribution in [0.3, 0.4) is 0 Å². The molecular weight excluding hydrogens is 316 g/mol. The van der Waals surface area contributed by atoms with Gasteiger partial charge in [-0.1, -0.05) is 42.5 Å². The van der Waals surface area contributed by atoms with Gasteiger partial charge in [-0.25, -0.2) is 0 Å². The first-order valence-corrected chi connectivity index (χ1v) is 8.50. The van der Waals surface area contributed by atoms with Gasteiger partial charge >= 0.3 is 5.97 Å². The molecule has 1 aliphatic heterocycles. The fraction of sp³-hybridized carbons (Fsp3) is 0.381. The molecule has 2 aromatic carbocycles. The Hall–Kier alpha value is -2.33. The second-order valence-electron chi connectivity index (χ2n) is 6.93. The van der Waals surface area contributed by atoms with Gasteiger partial charge in [0, 0.05) is 6.42 Å². The summed E-state index contributed by atoms with van der Waals surface area (Å²) in [6, 6.07) is 17.8. The predicted octanol–water partition coefficient (Wildman–Crippen LogP) is 3.77. The molecule has 0 spiro atoms. The summed E-state index contributed by atoms with van der Waals surface area (Å²) in [6.07, 6.45) is 0.0916. The molecule has 0 amide bonds. The Morgan fingerprint density at radius 1 is 1.00 bits per heavy atom. The van der Waals surface area contributed by atoms with E-state index in [1.54, 1.807) is 7.11 Å². The molecule has 1 heterocycles. The summed E-state index contributed by atoms with van der Waals surface area (Å²) in [4.78, 5) is 12.3. The second kappa shape index (κ2) is 7.28. The summed E-state index contributed by atoms with van der Waals surface area (Å²) >= 11 is 0. The van der Waals surface area contributed by atoms with Gasteiger partial charge in [0.25, 0.3) is 0 Å². The van der Waals surface area contributed by atoms with Crippen molar-refractivity contribution in [2.45, 2.75) is 39.1 Å². The number of esters is 1. The SMILES string of the molecule is COc1ccc(CO[C@H]2[C@@H](Cc3ccccc3)OC(=O)C2(C)C)cc1. The van der Waals surface area contributed by atoms with Gasteiger partial charge in [0.1, 0.15) is 18.0 Å². The van der Waals surface area contributed by atoms with Gasteiger partial charge in [-0.2, -0.15) is 0 Å². The fourth-order valence-electron chi connectivity index (χ4n) is 3.15. The number of rotatable bonds is 6. The van der Waals surface area contributed by atoms with Gasteiger partial charge < -0.3 is 14.2 Å². The summed E-state index contributed by atoms with van der Waals surface area (Å²) < 4.78 is 17.0. The maximum atomic E-state index is 12.3. The Morgan fingerprint density at radius 2 is 1.68 bits per heavy atom. The molecule has 25 heavy (non-hydrogen) atoms. The molecule has 0 aromatic heterocycles. The van der Waals surface area contributed by atoms with Crippen molar-refractivity contribution >= 4 is 5.97 Å². The van der Waals surface area contributed by atoms with Crippen LogP contribution in [0.25, 0.3) is 0 Å². The highest BCUT2D eigenvalue weighted by Crippen LogP contribution is 2.37. The number of cyclic esters (lactones) is 1. The first kappa shape index (κ1) is 17.5. The number of methoxy groups -OCH3 is 1. The van der Waals surface area contributed by atoms with Crippen molar-refractivity contribution in [3.63, 3.8) is 0 Å². The van der Waals surface area contributed by atoms with Gasteiger partial charge in [0.2, 0.25) is 0 Å². The normalized spacial score (nSPS) is 21.8. The van der Waals surface area contributed by atoms with Gasteiger partial charge in [-0.3, -0.25) is 4.79 Å². The minimum absolute atomic E-state index is 0.201. The Bertz CT molecular complexity index is 706. The van der Waals surface area contributed by atoms with Crippen LogP contribution in [0, 0.1) is 5.41 Å². The quantitative estimate of drug-likeness (QED) is 0.751. The Balaban J connectivity index is 1.71. The molecule has 0 aliphatic carbocycles. The number of ether oxygens (including phenoxy) is 3. The third-order valence-corrected chi connectivity index (χ3v) is 4.70. The molecule has 4 heteroatoms. The Kier molecular flexibility index (Phi) is 5.09. The van der Waals surface area contributed by atoms with Crippen molar-refractivity contribution in [2.24, 2.45) is 5.41 Å². The van der Waals surface area contributed by atoms with Crippen LogP contribution in [-0.2, 0) is 27.3 Å². The van der Waals surface area contributed by atoms with Gasteiger partial charge in [0.15, 0.2) is 0 Å². The largest absolute Gasteiger partial charge is 0.497 e. The molecule has 2 atom stereocenters. The molecular formula is C21H24O4. The molecule has 3 rings (SSSR count).